The number of nitrogens with one attached hydrogen (secondary N) is 1. The highest BCUT2D eigenvalue weighted by molar-refractivity contribution is 8.15. The summed E-state index contributed by atoms with van der Waals surface area (Å²) in [5.74, 6) is 0.329. The molecule has 1 saturated heterocycles. The van der Waals surface area contributed by atoms with Gasteiger partial charge in [0, 0.05) is 5.39 Å². The van der Waals surface area contributed by atoms with Gasteiger partial charge in [0.15, 0.2) is 5.17 Å². The molecule has 1 aromatic carbocycles. The highest BCUT2D eigenvalue weighted by Gasteiger charge is 2.15. The van der Waals surface area contributed by atoms with Crippen LogP contribution in [0.5, 0.6) is 0 Å². The SMILES string of the molecule is O=C1CSC(=NN=Cc2ccc3ncnc(Cl)c3c2)N1. The molecule has 0 bridgehead atoms. The van der Waals surface area contributed by atoms with Crippen molar-refractivity contribution in [2.45, 2.75) is 0 Å². The van der Waals surface area contributed by atoms with Gasteiger partial charge < -0.3 is 5.32 Å². The summed E-state index contributed by atoms with van der Waals surface area (Å²) in [5, 5.41) is 12.1. The number of fused-ring (bicyclic) bond motifs is 1. The van der Waals surface area contributed by atoms with E-state index in [1.807, 2.05) is 18.2 Å². The van der Waals surface area contributed by atoms with Crippen LogP contribution in [0.3, 0.4) is 0 Å². The van der Waals surface area contributed by atoms with Crippen LogP contribution in [-0.2, 0) is 4.79 Å². The Morgan fingerprint density at radius 2 is 2.30 bits per heavy atom. The third-order valence-electron chi connectivity index (χ3n) is 2.55. The van der Waals surface area contributed by atoms with Crippen molar-refractivity contribution in [1.82, 2.24) is 15.3 Å². The van der Waals surface area contributed by atoms with Gasteiger partial charge in [0.1, 0.15) is 11.5 Å². The van der Waals surface area contributed by atoms with E-state index in [0.717, 1.165) is 16.5 Å². The fraction of sp³-hybridized carbons (Fsp3) is 0.0833. The maximum atomic E-state index is 11.0. The number of hydrogen-bond acceptors (Lipinski definition) is 6. The molecule has 1 amide bonds. The molecule has 0 aliphatic carbocycles. The second kappa shape index (κ2) is 5.56. The summed E-state index contributed by atoms with van der Waals surface area (Å²) in [5.41, 5.74) is 1.60. The molecule has 1 aromatic heterocycles. The molecule has 100 valence electrons. The first-order valence-electron chi connectivity index (χ1n) is 5.66. The molecule has 0 saturated carbocycles. The van der Waals surface area contributed by atoms with Crippen LogP contribution in [0.2, 0.25) is 5.15 Å². The lowest BCUT2D eigenvalue weighted by atomic mass is 10.2. The van der Waals surface area contributed by atoms with Gasteiger partial charge in [-0.3, -0.25) is 4.79 Å². The van der Waals surface area contributed by atoms with Crippen LogP contribution >= 0.6 is 23.4 Å². The van der Waals surface area contributed by atoms with Gasteiger partial charge in [-0.05, 0) is 17.7 Å². The molecule has 1 aliphatic rings. The smallest absolute Gasteiger partial charge is 0.236 e. The summed E-state index contributed by atoms with van der Waals surface area (Å²) in [7, 11) is 0. The van der Waals surface area contributed by atoms with Gasteiger partial charge in [-0.2, -0.15) is 5.10 Å². The highest BCUT2D eigenvalue weighted by Crippen LogP contribution is 2.19. The van der Waals surface area contributed by atoms with Crippen molar-refractivity contribution >= 4 is 51.6 Å². The van der Waals surface area contributed by atoms with Crippen LogP contribution < -0.4 is 5.32 Å². The number of hydrogen-bond donors (Lipinski definition) is 1. The number of thioether (sulfide) groups is 1. The number of rotatable bonds is 2. The summed E-state index contributed by atoms with van der Waals surface area (Å²) in [6.45, 7) is 0. The minimum Gasteiger partial charge on any atom is -0.303 e. The third kappa shape index (κ3) is 2.78. The van der Waals surface area contributed by atoms with E-state index in [1.165, 1.54) is 18.1 Å². The van der Waals surface area contributed by atoms with Crippen molar-refractivity contribution < 1.29 is 4.79 Å². The predicted molar refractivity (Wildman–Crippen MR) is 80.2 cm³/mol. The molecular weight excluding hydrogens is 298 g/mol. The minimum atomic E-state index is -0.0569. The van der Waals surface area contributed by atoms with E-state index in [-0.39, 0.29) is 5.91 Å². The standard InChI is InChI=1S/C12H8ClN5OS/c13-11-8-3-7(1-2-9(8)14-6-15-11)4-16-18-12-17-10(19)5-20-12/h1-4,6H,5H2,(H,17,18,19). The Morgan fingerprint density at radius 3 is 3.10 bits per heavy atom. The van der Waals surface area contributed by atoms with Crippen molar-refractivity contribution in [3.63, 3.8) is 0 Å². The molecule has 6 nitrogen and oxygen atoms in total. The summed E-state index contributed by atoms with van der Waals surface area (Å²) in [6.07, 6.45) is 3.01. The van der Waals surface area contributed by atoms with Crippen LogP contribution in [0.1, 0.15) is 5.56 Å². The molecule has 1 fully saturated rings. The number of nitrogens with zero attached hydrogens (tertiary/aromatic N) is 4. The van der Waals surface area contributed by atoms with Crippen molar-refractivity contribution in [1.29, 1.82) is 0 Å². The zero-order valence-electron chi connectivity index (χ0n) is 10.1. The molecule has 0 radical (unpaired) electrons. The lowest BCUT2D eigenvalue weighted by Crippen LogP contribution is -2.19. The van der Waals surface area contributed by atoms with E-state index in [9.17, 15) is 4.79 Å². The van der Waals surface area contributed by atoms with Crippen molar-refractivity contribution in [3.8, 4) is 0 Å². The molecule has 0 spiro atoms. The van der Waals surface area contributed by atoms with E-state index in [0.29, 0.717) is 16.1 Å². The highest BCUT2D eigenvalue weighted by atomic mass is 35.5. The predicted octanol–water partition coefficient (Wildman–Crippen LogP) is 1.84. The van der Waals surface area contributed by atoms with Crippen molar-refractivity contribution in [3.05, 3.63) is 35.2 Å². The average molecular weight is 306 g/mol. The summed E-state index contributed by atoms with van der Waals surface area (Å²) in [4.78, 5) is 19.0. The van der Waals surface area contributed by atoms with E-state index < -0.39 is 0 Å². The molecular formula is C12H8ClN5OS. The van der Waals surface area contributed by atoms with E-state index >= 15 is 0 Å². The van der Waals surface area contributed by atoms with Gasteiger partial charge in [-0.25, -0.2) is 9.97 Å². The van der Waals surface area contributed by atoms with Gasteiger partial charge in [0.05, 0.1) is 17.5 Å². The monoisotopic (exact) mass is 305 g/mol. The first-order valence-corrected chi connectivity index (χ1v) is 7.03. The van der Waals surface area contributed by atoms with Crippen LogP contribution in [0, 0.1) is 0 Å². The summed E-state index contributed by atoms with van der Waals surface area (Å²) >= 11 is 7.33. The molecule has 8 heteroatoms. The zero-order chi connectivity index (χ0) is 13.9. The maximum absolute atomic E-state index is 11.0. The van der Waals surface area contributed by atoms with Crippen molar-refractivity contribution in [2.75, 3.05) is 5.75 Å². The average Bonchev–Trinajstić information content (AvgIpc) is 2.85. The fourth-order valence-corrected chi connectivity index (χ4v) is 2.48. The Balaban J connectivity index is 1.84. The summed E-state index contributed by atoms with van der Waals surface area (Å²) < 4.78 is 0. The topological polar surface area (TPSA) is 79.6 Å². The number of benzene rings is 1. The van der Waals surface area contributed by atoms with Crippen LogP contribution in [0.15, 0.2) is 34.7 Å². The lowest BCUT2D eigenvalue weighted by Gasteiger charge is -1.99. The lowest BCUT2D eigenvalue weighted by molar-refractivity contribution is -0.116. The number of amidine groups is 1. The van der Waals surface area contributed by atoms with Gasteiger partial charge in [0.2, 0.25) is 5.91 Å². The zero-order valence-corrected chi connectivity index (χ0v) is 11.6. The number of carbonyl (C=O) groups excluding carboxylic acids is 1. The number of carbonyl (C=O) groups is 1. The third-order valence-corrected chi connectivity index (χ3v) is 3.72. The molecule has 1 N–H and O–H groups in total. The first-order chi connectivity index (χ1) is 9.72. The van der Waals surface area contributed by atoms with Crippen LogP contribution in [-0.4, -0.2) is 33.0 Å². The van der Waals surface area contributed by atoms with Gasteiger partial charge in [0.25, 0.3) is 0 Å². The molecule has 1 aliphatic heterocycles. The number of halogens is 1. The molecule has 2 aromatic rings. The Bertz CT molecular complexity index is 746. The summed E-state index contributed by atoms with van der Waals surface area (Å²) in [6, 6.07) is 5.53. The van der Waals surface area contributed by atoms with Gasteiger partial charge >= 0.3 is 0 Å². The Labute approximate surface area is 123 Å². The Hall–Kier alpha value is -1.99. The quantitative estimate of drug-likeness (QED) is 0.521. The second-order valence-corrected chi connectivity index (χ2v) is 5.25. The normalized spacial score (nSPS) is 17.2. The molecule has 0 atom stereocenters. The number of amides is 1. The number of aromatic nitrogens is 2. The molecule has 3 rings (SSSR count). The fourth-order valence-electron chi connectivity index (χ4n) is 1.65. The van der Waals surface area contributed by atoms with E-state index in [2.05, 4.69) is 25.5 Å². The minimum absolute atomic E-state index is 0.0569. The van der Waals surface area contributed by atoms with Gasteiger partial charge in [-0.15, -0.1) is 5.10 Å². The van der Waals surface area contributed by atoms with Crippen LogP contribution in [0.4, 0.5) is 0 Å². The van der Waals surface area contributed by atoms with Gasteiger partial charge in [-0.1, -0.05) is 29.4 Å². The molecule has 2 heterocycles. The van der Waals surface area contributed by atoms with E-state index in [1.54, 1.807) is 6.21 Å². The Morgan fingerprint density at radius 1 is 1.40 bits per heavy atom. The second-order valence-electron chi connectivity index (χ2n) is 3.93. The molecule has 20 heavy (non-hydrogen) atoms. The van der Waals surface area contributed by atoms with Crippen LogP contribution in [0.25, 0.3) is 10.9 Å². The Kier molecular flexibility index (Phi) is 3.62. The maximum Gasteiger partial charge on any atom is 0.236 e. The van der Waals surface area contributed by atoms with E-state index in [4.69, 9.17) is 11.6 Å². The van der Waals surface area contributed by atoms with Crippen molar-refractivity contribution in [2.24, 2.45) is 10.2 Å². The molecule has 0 unspecified atom stereocenters. The first kappa shape index (κ1) is 13.0. The largest absolute Gasteiger partial charge is 0.303 e.